The topological polar surface area (TPSA) is 64.1 Å². The molecule has 1 heterocycles. The van der Waals surface area contributed by atoms with Crippen molar-refractivity contribution in [3.63, 3.8) is 0 Å². The molecule has 6 nitrogen and oxygen atoms in total. The molecule has 7 heteroatoms. The third kappa shape index (κ3) is 8.89. The summed E-state index contributed by atoms with van der Waals surface area (Å²) in [5.41, 5.74) is 0. The third-order valence-corrected chi connectivity index (χ3v) is 4.73. The molecule has 1 aliphatic rings. The summed E-state index contributed by atoms with van der Waals surface area (Å²) in [5.74, 6) is 1.61. The monoisotopic (exact) mass is 395 g/mol. The van der Waals surface area contributed by atoms with Gasteiger partial charge < -0.3 is 24.8 Å². The Balaban J connectivity index is 1.58. The summed E-state index contributed by atoms with van der Waals surface area (Å²) in [6.07, 6.45) is 3.86. The van der Waals surface area contributed by atoms with E-state index in [4.69, 9.17) is 14.2 Å². The van der Waals surface area contributed by atoms with E-state index in [-0.39, 0.29) is 11.9 Å². The molecule has 28 heavy (non-hydrogen) atoms. The molecule has 1 aromatic rings. The maximum absolute atomic E-state index is 13.3. The highest BCUT2D eigenvalue weighted by molar-refractivity contribution is 5.79. The normalized spacial score (nSPS) is 16.6. The van der Waals surface area contributed by atoms with Crippen LogP contribution in [0.25, 0.3) is 0 Å². The Morgan fingerprint density at radius 1 is 1.32 bits per heavy atom. The largest absolute Gasteiger partial charge is 0.489 e. The predicted octanol–water partition coefficient (Wildman–Crippen LogP) is 2.98. The molecule has 1 unspecified atom stereocenters. The minimum atomic E-state index is -0.295. The number of hydrogen-bond donors (Lipinski definition) is 2. The lowest BCUT2D eigenvalue weighted by atomic mass is 10.0. The number of benzene rings is 1. The molecule has 0 saturated carbocycles. The SMILES string of the molecule is CCC(CNC(=NC)NCCCOCC1CCOCC1)Oc1cccc(F)c1. The van der Waals surface area contributed by atoms with Crippen LogP contribution in [0.4, 0.5) is 4.39 Å². The summed E-state index contributed by atoms with van der Waals surface area (Å²) in [6.45, 7) is 6.70. The van der Waals surface area contributed by atoms with Crippen molar-refractivity contribution in [3.05, 3.63) is 30.1 Å². The summed E-state index contributed by atoms with van der Waals surface area (Å²) in [6, 6.07) is 6.22. The van der Waals surface area contributed by atoms with Gasteiger partial charge in [0.05, 0.1) is 6.54 Å². The summed E-state index contributed by atoms with van der Waals surface area (Å²) >= 11 is 0. The minimum Gasteiger partial charge on any atom is -0.489 e. The molecule has 2 N–H and O–H groups in total. The van der Waals surface area contributed by atoms with Crippen LogP contribution in [0, 0.1) is 11.7 Å². The average Bonchev–Trinajstić information content (AvgIpc) is 2.72. The van der Waals surface area contributed by atoms with Crippen LogP contribution in [0.3, 0.4) is 0 Å². The predicted molar refractivity (Wildman–Crippen MR) is 109 cm³/mol. The molecule has 0 spiro atoms. The van der Waals surface area contributed by atoms with Crippen molar-refractivity contribution in [2.24, 2.45) is 10.9 Å². The van der Waals surface area contributed by atoms with Gasteiger partial charge in [-0.05, 0) is 43.7 Å². The molecule has 2 rings (SSSR count). The van der Waals surface area contributed by atoms with Crippen molar-refractivity contribution in [1.82, 2.24) is 10.6 Å². The molecule has 1 aliphatic heterocycles. The van der Waals surface area contributed by atoms with Crippen molar-refractivity contribution in [2.45, 2.75) is 38.7 Å². The lowest BCUT2D eigenvalue weighted by molar-refractivity contribution is 0.0203. The lowest BCUT2D eigenvalue weighted by Crippen LogP contribution is -2.42. The van der Waals surface area contributed by atoms with Crippen molar-refractivity contribution in [2.75, 3.05) is 46.6 Å². The van der Waals surface area contributed by atoms with Gasteiger partial charge in [-0.2, -0.15) is 0 Å². The number of ether oxygens (including phenoxy) is 3. The van der Waals surface area contributed by atoms with E-state index in [1.54, 1.807) is 19.2 Å². The molecule has 0 aromatic heterocycles. The maximum atomic E-state index is 13.3. The van der Waals surface area contributed by atoms with Crippen LogP contribution in [0.5, 0.6) is 5.75 Å². The van der Waals surface area contributed by atoms with E-state index in [1.165, 1.54) is 12.1 Å². The van der Waals surface area contributed by atoms with Crippen LogP contribution < -0.4 is 15.4 Å². The first-order valence-corrected chi connectivity index (χ1v) is 10.2. The summed E-state index contributed by atoms with van der Waals surface area (Å²) in [7, 11) is 1.74. The molecule has 0 amide bonds. The molecule has 1 fully saturated rings. The number of hydrogen-bond acceptors (Lipinski definition) is 4. The maximum Gasteiger partial charge on any atom is 0.191 e. The van der Waals surface area contributed by atoms with Gasteiger partial charge in [-0.1, -0.05) is 13.0 Å². The van der Waals surface area contributed by atoms with Crippen LogP contribution in [0.15, 0.2) is 29.3 Å². The first-order chi connectivity index (χ1) is 13.7. The number of nitrogens with zero attached hydrogens (tertiary/aromatic N) is 1. The molecule has 0 aliphatic carbocycles. The second-order valence-electron chi connectivity index (χ2n) is 6.97. The van der Waals surface area contributed by atoms with Crippen LogP contribution in [-0.4, -0.2) is 58.6 Å². The molecule has 1 aromatic carbocycles. The minimum absolute atomic E-state index is 0.0665. The van der Waals surface area contributed by atoms with E-state index in [0.29, 0.717) is 18.2 Å². The van der Waals surface area contributed by atoms with Crippen molar-refractivity contribution in [1.29, 1.82) is 0 Å². The highest BCUT2D eigenvalue weighted by Gasteiger charge is 2.13. The summed E-state index contributed by atoms with van der Waals surface area (Å²) < 4.78 is 30.3. The first-order valence-electron chi connectivity index (χ1n) is 10.2. The number of nitrogens with one attached hydrogen (secondary N) is 2. The fourth-order valence-electron chi connectivity index (χ4n) is 2.98. The molecule has 1 atom stereocenters. The lowest BCUT2D eigenvalue weighted by Gasteiger charge is -2.22. The number of guanidine groups is 1. The second-order valence-corrected chi connectivity index (χ2v) is 6.97. The number of halogens is 1. The van der Waals surface area contributed by atoms with Gasteiger partial charge in [0.15, 0.2) is 5.96 Å². The number of rotatable bonds is 11. The van der Waals surface area contributed by atoms with Crippen LogP contribution in [0.2, 0.25) is 0 Å². The van der Waals surface area contributed by atoms with E-state index in [9.17, 15) is 4.39 Å². The Hall–Kier alpha value is -1.86. The van der Waals surface area contributed by atoms with Gasteiger partial charge in [0.2, 0.25) is 0 Å². The van der Waals surface area contributed by atoms with E-state index in [2.05, 4.69) is 15.6 Å². The highest BCUT2D eigenvalue weighted by atomic mass is 19.1. The Morgan fingerprint density at radius 2 is 2.14 bits per heavy atom. The highest BCUT2D eigenvalue weighted by Crippen LogP contribution is 2.15. The van der Waals surface area contributed by atoms with Crippen molar-refractivity contribution < 1.29 is 18.6 Å². The second kappa shape index (κ2) is 13.3. The van der Waals surface area contributed by atoms with Gasteiger partial charge in [-0.3, -0.25) is 4.99 Å². The molecule has 1 saturated heterocycles. The molecule has 0 radical (unpaired) electrons. The number of aliphatic imine (C=N–C) groups is 1. The Morgan fingerprint density at radius 3 is 2.86 bits per heavy atom. The first kappa shape index (κ1) is 22.4. The fraction of sp³-hybridized carbons (Fsp3) is 0.667. The van der Waals surface area contributed by atoms with Gasteiger partial charge in [0.1, 0.15) is 17.7 Å². The molecule has 0 bridgehead atoms. The van der Waals surface area contributed by atoms with Crippen molar-refractivity contribution >= 4 is 5.96 Å². The average molecular weight is 396 g/mol. The van der Waals surface area contributed by atoms with E-state index >= 15 is 0 Å². The summed E-state index contributed by atoms with van der Waals surface area (Å²) in [5, 5.41) is 6.55. The quantitative estimate of drug-likeness (QED) is 0.343. The zero-order valence-corrected chi connectivity index (χ0v) is 17.1. The third-order valence-electron chi connectivity index (χ3n) is 4.73. The smallest absolute Gasteiger partial charge is 0.191 e. The zero-order chi connectivity index (χ0) is 20.0. The Kier molecular flexibility index (Phi) is 10.7. The Bertz CT molecular complexity index is 580. The van der Waals surface area contributed by atoms with Gasteiger partial charge in [0.25, 0.3) is 0 Å². The molecular weight excluding hydrogens is 361 g/mol. The van der Waals surface area contributed by atoms with Crippen LogP contribution in [0.1, 0.15) is 32.6 Å². The van der Waals surface area contributed by atoms with Gasteiger partial charge in [0, 0.05) is 46.1 Å². The fourth-order valence-corrected chi connectivity index (χ4v) is 2.98. The van der Waals surface area contributed by atoms with E-state index < -0.39 is 0 Å². The summed E-state index contributed by atoms with van der Waals surface area (Å²) in [4.78, 5) is 4.23. The van der Waals surface area contributed by atoms with Gasteiger partial charge in [-0.25, -0.2) is 4.39 Å². The molecule has 158 valence electrons. The van der Waals surface area contributed by atoms with Crippen LogP contribution in [-0.2, 0) is 9.47 Å². The van der Waals surface area contributed by atoms with E-state index in [1.807, 2.05) is 6.92 Å². The zero-order valence-electron chi connectivity index (χ0n) is 17.1. The Labute approximate surface area is 167 Å². The van der Waals surface area contributed by atoms with Gasteiger partial charge >= 0.3 is 0 Å². The van der Waals surface area contributed by atoms with Gasteiger partial charge in [-0.15, -0.1) is 0 Å². The van der Waals surface area contributed by atoms with Crippen molar-refractivity contribution in [3.8, 4) is 5.75 Å². The van der Waals surface area contributed by atoms with Crippen LogP contribution >= 0.6 is 0 Å². The van der Waals surface area contributed by atoms with E-state index in [0.717, 1.165) is 64.6 Å². The standard InChI is InChI=1S/C21H34FN3O3/c1-3-19(28-20-7-4-6-18(22)14-20)15-25-21(23-2)24-10-5-11-27-16-17-8-12-26-13-9-17/h4,6-7,14,17,19H,3,5,8-13,15-16H2,1-2H3,(H2,23,24,25). The molecular formula is C21H34FN3O3.